The fourth-order valence-electron chi connectivity index (χ4n) is 3.30. The number of pyridine rings is 1. The molecule has 2 atom stereocenters. The molecule has 3 rings (SSSR count). The molecule has 1 aromatic carbocycles. The molecule has 0 radical (unpaired) electrons. The molecular weight excluding hydrogens is 545 g/mol. The highest BCUT2D eigenvalue weighted by atomic mass is 127. The summed E-state index contributed by atoms with van der Waals surface area (Å²) in [4.78, 5) is 20.6. The van der Waals surface area contributed by atoms with Crippen LogP contribution in [0.3, 0.4) is 0 Å². The summed E-state index contributed by atoms with van der Waals surface area (Å²) >= 11 is 2.02. The van der Waals surface area contributed by atoms with Gasteiger partial charge >= 0.3 is 6.18 Å². The summed E-state index contributed by atoms with van der Waals surface area (Å²) < 4.78 is 59.3. The van der Waals surface area contributed by atoms with Crippen LogP contribution in [0, 0.1) is 17.1 Å². The molecular formula is C20H16F4IN5O2. The van der Waals surface area contributed by atoms with Crippen LogP contribution in [-0.2, 0) is 14.7 Å². The molecule has 1 aromatic heterocycles. The van der Waals surface area contributed by atoms with Gasteiger partial charge in [-0.15, -0.1) is 0 Å². The highest BCUT2D eigenvalue weighted by Gasteiger charge is 2.50. The van der Waals surface area contributed by atoms with Crippen LogP contribution in [-0.4, -0.2) is 29.2 Å². The summed E-state index contributed by atoms with van der Waals surface area (Å²) in [5.74, 6) is -1.43. The zero-order valence-corrected chi connectivity index (χ0v) is 18.7. The van der Waals surface area contributed by atoms with Gasteiger partial charge in [0.2, 0.25) is 0 Å². The average molecular weight is 561 g/mol. The molecule has 0 aliphatic carbocycles. The SMILES string of the molecule is C[C@@]1(c2cc(NC(=O)c3ncc(C#N)cc3CI)ccc2F)C[C@@H](C(F)(F)F)OC(N)=N1. The first kappa shape index (κ1) is 23.7. The molecule has 2 heterocycles. The first-order chi connectivity index (χ1) is 15.0. The summed E-state index contributed by atoms with van der Waals surface area (Å²) in [7, 11) is 0. The smallest absolute Gasteiger partial charge is 0.425 e. The standard InChI is InChI=1S/C20H16F4IN5O2/c1-19(6-15(20(22,23)24)32-18(27)30-19)13-5-12(2-3-14(13)21)29-17(31)16-11(7-25)4-10(8-26)9-28-16/h2-5,9,15H,6-7H2,1H3,(H2,27,30)(H,29,31)/t15-,19-/m0/s1. The number of amidine groups is 1. The molecule has 0 unspecified atom stereocenters. The molecule has 0 saturated carbocycles. The lowest BCUT2D eigenvalue weighted by Crippen LogP contribution is -2.46. The Labute approximate surface area is 193 Å². The van der Waals surface area contributed by atoms with E-state index in [1.807, 2.05) is 28.7 Å². The Hall–Kier alpha value is -2.95. The number of anilines is 1. The van der Waals surface area contributed by atoms with Crippen LogP contribution in [0.4, 0.5) is 23.2 Å². The highest BCUT2D eigenvalue weighted by molar-refractivity contribution is 14.1. The number of nitriles is 1. The lowest BCUT2D eigenvalue weighted by molar-refractivity contribution is -0.208. The number of benzene rings is 1. The largest absolute Gasteiger partial charge is 0.452 e. The van der Waals surface area contributed by atoms with Gasteiger partial charge in [-0.3, -0.25) is 4.79 Å². The van der Waals surface area contributed by atoms with E-state index in [9.17, 15) is 22.4 Å². The number of halogens is 5. The van der Waals surface area contributed by atoms with Crippen LogP contribution < -0.4 is 11.1 Å². The number of rotatable bonds is 4. The van der Waals surface area contributed by atoms with E-state index in [2.05, 4.69) is 20.0 Å². The maximum absolute atomic E-state index is 14.6. The first-order valence-corrected chi connectivity index (χ1v) is 10.6. The van der Waals surface area contributed by atoms with Gasteiger partial charge in [0.05, 0.1) is 11.1 Å². The molecule has 1 aliphatic heterocycles. The number of carbonyl (C=O) groups is 1. The number of carbonyl (C=O) groups excluding carboxylic acids is 1. The topological polar surface area (TPSA) is 113 Å². The Balaban J connectivity index is 1.94. The molecule has 32 heavy (non-hydrogen) atoms. The highest BCUT2D eigenvalue weighted by Crippen LogP contribution is 2.41. The summed E-state index contributed by atoms with van der Waals surface area (Å²) in [5, 5.41) is 11.5. The Morgan fingerprint density at radius 3 is 2.78 bits per heavy atom. The fraction of sp³-hybridized carbons (Fsp3) is 0.300. The molecule has 2 aromatic rings. The van der Waals surface area contributed by atoms with Crippen molar-refractivity contribution in [3.63, 3.8) is 0 Å². The summed E-state index contributed by atoms with van der Waals surface area (Å²) in [6.07, 6.45) is -6.42. The van der Waals surface area contributed by atoms with Crippen molar-refractivity contribution in [3.8, 4) is 6.07 Å². The Kier molecular flexibility index (Phi) is 6.59. The minimum atomic E-state index is -4.72. The second-order valence-corrected chi connectivity index (χ2v) is 7.96. The number of aliphatic imine (C=N–C) groups is 1. The van der Waals surface area contributed by atoms with Gasteiger partial charge < -0.3 is 15.8 Å². The molecule has 12 heteroatoms. The van der Waals surface area contributed by atoms with E-state index in [1.54, 1.807) is 0 Å². The molecule has 0 fully saturated rings. The van der Waals surface area contributed by atoms with E-state index in [0.29, 0.717) is 15.6 Å². The van der Waals surface area contributed by atoms with E-state index >= 15 is 0 Å². The van der Waals surface area contributed by atoms with Crippen molar-refractivity contribution in [2.45, 2.75) is 35.6 Å². The van der Waals surface area contributed by atoms with Gasteiger partial charge in [0.15, 0.2) is 6.10 Å². The van der Waals surface area contributed by atoms with Crippen LogP contribution in [0.5, 0.6) is 0 Å². The van der Waals surface area contributed by atoms with Gasteiger partial charge in [0.1, 0.15) is 17.6 Å². The van der Waals surface area contributed by atoms with Crippen molar-refractivity contribution in [1.29, 1.82) is 5.26 Å². The van der Waals surface area contributed by atoms with Crippen LogP contribution in [0.25, 0.3) is 0 Å². The monoisotopic (exact) mass is 561 g/mol. The lowest BCUT2D eigenvalue weighted by Gasteiger charge is -2.36. The molecule has 0 saturated heterocycles. The third-order valence-corrected chi connectivity index (χ3v) is 5.65. The summed E-state index contributed by atoms with van der Waals surface area (Å²) in [5.41, 5.74) is 4.59. The third kappa shape index (κ3) is 4.93. The average Bonchev–Trinajstić information content (AvgIpc) is 2.73. The number of nitrogens with two attached hydrogens (primary N) is 1. The van der Waals surface area contributed by atoms with Gasteiger partial charge in [0, 0.05) is 28.3 Å². The van der Waals surface area contributed by atoms with Crippen molar-refractivity contribution in [1.82, 2.24) is 4.98 Å². The van der Waals surface area contributed by atoms with Crippen LogP contribution >= 0.6 is 22.6 Å². The number of nitrogens with one attached hydrogen (secondary N) is 1. The van der Waals surface area contributed by atoms with E-state index in [4.69, 9.17) is 11.0 Å². The van der Waals surface area contributed by atoms with Crippen molar-refractivity contribution in [2.24, 2.45) is 10.7 Å². The van der Waals surface area contributed by atoms with E-state index in [-0.39, 0.29) is 16.9 Å². The molecule has 7 nitrogen and oxygen atoms in total. The van der Waals surface area contributed by atoms with Crippen LogP contribution in [0.15, 0.2) is 35.5 Å². The first-order valence-electron chi connectivity index (χ1n) is 9.12. The van der Waals surface area contributed by atoms with Crippen molar-refractivity contribution >= 4 is 40.2 Å². The third-order valence-electron chi connectivity index (χ3n) is 4.83. The zero-order valence-electron chi connectivity index (χ0n) is 16.5. The van der Waals surface area contributed by atoms with E-state index < -0.39 is 42.0 Å². The van der Waals surface area contributed by atoms with Gasteiger partial charge in [0.25, 0.3) is 11.9 Å². The number of ether oxygens (including phenoxy) is 1. The maximum atomic E-state index is 14.6. The van der Waals surface area contributed by atoms with E-state index in [0.717, 1.165) is 6.07 Å². The number of hydrogen-bond donors (Lipinski definition) is 2. The van der Waals surface area contributed by atoms with Crippen LogP contribution in [0.2, 0.25) is 0 Å². The lowest BCUT2D eigenvalue weighted by atomic mass is 9.85. The maximum Gasteiger partial charge on any atom is 0.425 e. The van der Waals surface area contributed by atoms with Crippen LogP contribution in [0.1, 0.15) is 40.5 Å². The summed E-state index contributed by atoms with van der Waals surface area (Å²) in [6, 6.07) is 6.25. The number of hydrogen-bond acceptors (Lipinski definition) is 6. The molecule has 3 N–H and O–H groups in total. The fourth-order valence-corrected chi connectivity index (χ4v) is 3.88. The molecule has 1 aliphatic rings. The van der Waals surface area contributed by atoms with Crippen molar-refractivity contribution in [3.05, 3.63) is 58.7 Å². The Morgan fingerprint density at radius 2 is 2.16 bits per heavy atom. The van der Waals surface area contributed by atoms with Crippen molar-refractivity contribution in [2.75, 3.05) is 5.32 Å². The zero-order chi connectivity index (χ0) is 23.7. The normalized spacial score (nSPS) is 20.7. The number of alkyl halides is 4. The molecule has 1 amide bonds. The predicted molar refractivity (Wildman–Crippen MR) is 116 cm³/mol. The second kappa shape index (κ2) is 8.89. The van der Waals surface area contributed by atoms with Gasteiger partial charge in [-0.1, -0.05) is 22.6 Å². The number of aromatic nitrogens is 1. The van der Waals surface area contributed by atoms with E-state index in [1.165, 1.54) is 31.3 Å². The second-order valence-electron chi connectivity index (χ2n) is 7.20. The van der Waals surface area contributed by atoms with Gasteiger partial charge in [-0.2, -0.15) is 18.4 Å². The number of nitrogens with zero attached hydrogens (tertiary/aromatic N) is 3. The van der Waals surface area contributed by atoms with Crippen molar-refractivity contribution < 1.29 is 27.1 Å². The minimum Gasteiger partial charge on any atom is -0.452 e. The van der Waals surface area contributed by atoms with Gasteiger partial charge in [-0.05, 0) is 36.8 Å². The Bertz CT molecular complexity index is 1130. The van der Waals surface area contributed by atoms with Gasteiger partial charge in [-0.25, -0.2) is 14.4 Å². The minimum absolute atomic E-state index is 0.0703. The Morgan fingerprint density at radius 1 is 1.44 bits per heavy atom. The number of amides is 1. The predicted octanol–water partition coefficient (Wildman–Crippen LogP) is 4.16. The quantitative estimate of drug-likeness (QED) is 0.331. The molecule has 168 valence electrons. The molecule has 0 spiro atoms. The summed E-state index contributed by atoms with van der Waals surface area (Å²) in [6.45, 7) is 1.31. The molecule has 0 bridgehead atoms.